The number of carbonyl (C=O) groups excluding carboxylic acids is 1. The predicted octanol–water partition coefficient (Wildman–Crippen LogP) is 6.04. The highest BCUT2D eigenvalue weighted by atomic mass is 79.9. The topological polar surface area (TPSA) is 84.9 Å². The van der Waals surface area contributed by atoms with E-state index in [1.165, 1.54) is 4.31 Å². The molecule has 1 saturated heterocycles. The van der Waals surface area contributed by atoms with Crippen LogP contribution < -0.4 is 14.8 Å². The Balaban J connectivity index is 1.51. The molecule has 0 spiro atoms. The highest BCUT2D eigenvalue weighted by molar-refractivity contribution is 9.11. The molecule has 1 fully saturated rings. The van der Waals surface area contributed by atoms with E-state index in [1.807, 2.05) is 30.3 Å². The lowest BCUT2D eigenvalue weighted by Crippen LogP contribution is -2.44. The van der Waals surface area contributed by atoms with E-state index in [2.05, 4.69) is 56.2 Å². The molecule has 1 atom stereocenters. The van der Waals surface area contributed by atoms with E-state index >= 15 is 0 Å². The monoisotopic (exact) mass is 678 g/mol. The van der Waals surface area contributed by atoms with Gasteiger partial charge in [-0.2, -0.15) is 4.31 Å². The van der Waals surface area contributed by atoms with E-state index in [0.717, 1.165) is 16.7 Å². The molecule has 208 valence electrons. The minimum Gasteiger partial charge on any atom is -0.493 e. The van der Waals surface area contributed by atoms with Crippen LogP contribution >= 0.6 is 31.9 Å². The average molecular weight is 680 g/mol. The molecule has 3 aromatic rings. The number of hydrogen-bond donors (Lipinski definition) is 1. The average Bonchev–Trinajstić information content (AvgIpc) is 2.94. The number of hydrogen-bond acceptors (Lipinski definition) is 5. The van der Waals surface area contributed by atoms with E-state index in [-0.39, 0.29) is 35.9 Å². The zero-order valence-corrected chi connectivity index (χ0v) is 26.1. The zero-order valence-electron chi connectivity index (χ0n) is 22.1. The number of amides is 1. The van der Waals surface area contributed by atoms with Gasteiger partial charge < -0.3 is 14.8 Å². The lowest BCUT2D eigenvalue weighted by Gasteiger charge is -2.32. The van der Waals surface area contributed by atoms with Gasteiger partial charge >= 0.3 is 0 Å². The predicted molar refractivity (Wildman–Crippen MR) is 159 cm³/mol. The van der Waals surface area contributed by atoms with Crippen LogP contribution in [0.5, 0.6) is 11.5 Å². The van der Waals surface area contributed by atoms with Crippen molar-refractivity contribution >= 4 is 47.8 Å². The molecule has 1 N–H and O–H groups in total. The summed E-state index contributed by atoms with van der Waals surface area (Å²) >= 11 is 6.72. The third-order valence-electron chi connectivity index (χ3n) is 7.15. The molecule has 1 aliphatic heterocycles. The molecule has 0 bridgehead atoms. The molecular weight excluding hydrogens is 648 g/mol. The van der Waals surface area contributed by atoms with Gasteiger partial charge in [-0.05, 0) is 89.1 Å². The molecule has 0 saturated carbocycles. The SMILES string of the molecule is COc1ccc(C(Cc2ccccc2C)NC(=O)C2CCN(S(=O)(=O)c3cc(Br)ccc3Br)CC2)cc1OC. The first-order valence-electron chi connectivity index (χ1n) is 12.7. The number of halogens is 2. The molecule has 0 radical (unpaired) electrons. The van der Waals surface area contributed by atoms with E-state index in [1.54, 1.807) is 32.4 Å². The minimum atomic E-state index is -3.69. The molecule has 1 heterocycles. The first kappa shape index (κ1) is 29.6. The number of piperidine rings is 1. The lowest BCUT2D eigenvalue weighted by molar-refractivity contribution is -0.126. The maximum absolute atomic E-state index is 13.5. The second kappa shape index (κ2) is 12.8. The lowest BCUT2D eigenvalue weighted by atomic mass is 9.93. The van der Waals surface area contributed by atoms with E-state index in [4.69, 9.17) is 9.47 Å². The summed E-state index contributed by atoms with van der Waals surface area (Å²) in [4.78, 5) is 13.7. The largest absolute Gasteiger partial charge is 0.493 e. The molecule has 0 aliphatic carbocycles. The fourth-order valence-corrected chi connectivity index (χ4v) is 7.78. The van der Waals surface area contributed by atoms with Gasteiger partial charge in [0.1, 0.15) is 0 Å². The summed E-state index contributed by atoms with van der Waals surface area (Å²) < 4.78 is 40.2. The molecule has 39 heavy (non-hydrogen) atoms. The van der Waals surface area contributed by atoms with Gasteiger partial charge in [0.05, 0.1) is 25.2 Å². The van der Waals surface area contributed by atoms with E-state index in [0.29, 0.717) is 39.7 Å². The van der Waals surface area contributed by atoms with Gasteiger partial charge in [0.25, 0.3) is 0 Å². The fraction of sp³-hybridized carbons (Fsp3) is 0.345. The quantitative estimate of drug-likeness (QED) is 0.298. The van der Waals surface area contributed by atoms with E-state index in [9.17, 15) is 13.2 Å². The number of rotatable bonds is 9. The Morgan fingerprint density at radius 3 is 2.36 bits per heavy atom. The van der Waals surface area contributed by atoms with Crippen LogP contribution in [-0.2, 0) is 21.2 Å². The van der Waals surface area contributed by atoms with Gasteiger partial charge in [0, 0.05) is 28.0 Å². The van der Waals surface area contributed by atoms with Gasteiger partial charge in [-0.3, -0.25) is 4.79 Å². The van der Waals surface area contributed by atoms with Crippen molar-refractivity contribution < 1.29 is 22.7 Å². The van der Waals surface area contributed by atoms with Crippen molar-refractivity contribution in [2.45, 2.75) is 37.1 Å². The number of nitrogens with zero attached hydrogens (tertiary/aromatic N) is 1. The molecule has 10 heteroatoms. The molecule has 0 aromatic heterocycles. The Bertz CT molecular complexity index is 1440. The van der Waals surface area contributed by atoms with Crippen molar-refractivity contribution in [1.82, 2.24) is 9.62 Å². The second-order valence-corrected chi connectivity index (χ2v) is 13.2. The smallest absolute Gasteiger partial charge is 0.244 e. The normalized spacial score (nSPS) is 15.5. The standard InChI is InChI=1S/C29H32Br2N2O5S/c1-19-6-4-5-7-21(19)16-25(22-8-11-26(37-2)27(17-22)38-3)32-29(34)20-12-14-33(15-13-20)39(35,36)28-18-23(30)9-10-24(28)31/h4-11,17-18,20,25H,12-16H2,1-3H3,(H,32,34). The number of methoxy groups -OCH3 is 2. The van der Waals surface area contributed by atoms with Crippen molar-refractivity contribution in [2.75, 3.05) is 27.3 Å². The van der Waals surface area contributed by atoms with Crippen LogP contribution in [0.2, 0.25) is 0 Å². The van der Waals surface area contributed by atoms with Gasteiger partial charge in [0.2, 0.25) is 15.9 Å². The summed E-state index contributed by atoms with van der Waals surface area (Å²) in [5.74, 6) is 0.843. The van der Waals surface area contributed by atoms with Crippen molar-refractivity contribution in [3.05, 3.63) is 86.3 Å². The molecule has 7 nitrogen and oxygen atoms in total. The first-order valence-corrected chi connectivity index (χ1v) is 15.7. The van der Waals surface area contributed by atoms with Crippen molar-refractivity contribution in [3.8, 4) is 11.5 Å². The third-order valence-corrected chi connectivity index (χ3v) is 10.5. The van der Waals surface area contributed by atoms with Gasteiger partial charge in [-0.15, -0.1) is 0 Å². The fourth-order valence-electron chi connectivity index (χ4n) is 4.84. The summed E-state index contributed by atoms with van der Waals surface area (Å²) in [7, 11) is -0.514. The minimum absolute atomic E-state index is 0.0796. The summed E-state index contributed by atoms with van der Waals surface area (Å²) in [6.07, 6.45) is 1.50. The summed E-state index contributed by atoms with van der Waals surface area (Å²) in [6.45, 7) is 2.61. The Hall–Kier alpha value is -2.40. The van der Waals surface area contributed by atoms with Gasteiger partial charge in [0.15, 0.2) is 11.5 Å². The Labute approximate surface area is 247 Å². The highest BCUT2D eigenvalue weighted by Gasteiger charge is 2.34. The third kappa shape index (κ3) is 6.85. The Morgan fingerprint density at radius 1 is 1.00 bits per heavy atom. The number of benzene rings is 3. The van der Waals surface area contributed by atoms with E-state index < -0.39 is 10.0 Å². The zero-order chi connectivity index (χ0) is 28.2. The van der Waals surface area contributed by atoms with Crippen LogP contribution in [0.4, 0.5) is 0 Å². The molecule has 3 aromatic carbocycles. The Morgan fingerprint density at radius 2 is 1.69 bits per heavy atom. The highest BCUT2D eigenvalue weighted by Crippen LogP contribution is 2.33. The van der Waals surface area contributed by atoms with Crippen molar-refractivity contribution in [3.63, 3.8) is 0 Å². The molecule has 1 amide bonds. The van der Waals surface area contributed by atoms with Crippen LogP contribution in [0.3, 0.4) is 0 Å². The molecule has 1 unspecified atom stereocenters. The first-order chi connectivity index (χ1) is 18.6. The summed E-state index contributed by atoms with van der Waals surface area (Å²) in [6, 6.07) is 18.6. The van der Waals surface area contributed by atoms with Crippen LogP contribution in [0.15, 0.2) is 74.5 Å². The van der Waals surface area contributed by atoms with Crippen LogP contribution in [0, 0.1) is 12.8 Å². The number of carbonyl (C=O) groups is 1. The number of sulfonamides is 1. The maximum atomic E-state index is 13.5. The molecule has 4 rings (SSSR count). The Kier molecular flexibility index (Phi) is 9.74. The molecular formula is C29H32Br2N2O5S. The van der Waals surface area contributed by atoms with Crippen LogP contribution in [0.1, 0.15) is 35.6 Å². The van der Waals surface area contributed by atoms with Crippen molar-refractivity contribution in [2.24, 2.45) is 5.92 Å². The van der Waals surface area contributed by atoms with Gasteiger partial charge in [-0.25, -0.2) is 8.42 Å². The maximum Gasteiger partial charge on any atom is 0.244 e. The van der Waals surface area contributed by atoms with Crippen molar-refractivity contribution in [1.29, 1.82) is 0 Å². The van der Waals surface area contributed by atoms with Gasteiger partial charge in [-0.1, -0.05) is 46.3 Å². The summed E-state index contributed by atoms with van der Waals surface area (Å²) in [5.41, 5.74) is 3.19. The number of ether oxygens (including phenoxy) is 2. The second-order valence-electron chi connectivity index (χ2n) is 9.56. The summed E-state index contributed by atoms with van der Waals surface area (Å²) in [5, 5.41) is 3.25. The van der Waals surface area contributed by atoms with Crippen LogP contribution in [-0.4, -0.2) is 45.9 Å². The number of nitrogens with one attached hydrogen (secondary N) is 1. The number of aryl methyl sites for hydroxylation is 1. The van der Waals surface area contributed by atoms with Crippen LogP contribution in [0.25, 0.3) is 0 Å². The molecule has 1 aliphatic rings.